The van der Waals surface area contributed by atoms with Gasteiger partial charge in [0.1, 0.15) is 0 Å². The first-order valence-corrected chi connectivity index (χ1v) is 5.32. The van der Waals surface area contributed by atoms with Crippen molar-refractivity contribution in [3.63, 3.8) is 0 Å². The maximum absolute atomic E-state index is 11.0. The highest BCUT2D eigenvalue weighted by molar-refractivity contribution is 5.74. The summed E-state index contributed by atoms with van der Waals surface area (Å²) in [5.41, 5.74) is 6.32. The normalized spacial score (nSPS) is 12.1. The third kappa shape index (κ3) is 4.42. The second-order valence-electron chi connectivity index (χ2n) is 3.51. The third-order valence-corrected chi connectivity index (χ3v) is 2.19. The van der Waals surface area contributed by atoms with Crippen LogP contribution in [0.1, 0.15) is 12.0 Å². The predicted octanol–water partition coefficient (Wildman–Crippen LogP) is 0.482. The van der Waals surface area contributed by atoms with E-state index in [9.17, 15) is 4.79 Å². The second kappa shape index (κ2) is 6.98. The van der Waals surface area contributed by atoms with E-state index in [1.54, 1.807) is 0 Å². The number of aliphatic hydroxyl groups excluding tert-OH is 1. The molecule has 0 radical (unpaired) electrons. The van der Waals surface area contributed by atoms with Gasteiger partial charge in [-0.3, -0.25) is 0 Å². The minimum Gasteiger partial charge on any atom is -0.464 e. The highest BCUT2D eigenvalue weighted by Crippen LogP contribution is 2.02. The molecule has 1 aromatic rings. The van der Waals surface area contributed by atoms with Crippen molar-refractivity contribution in [3.05, 3.63) is 35.9 Å². The molecule has 0 bridgehead atoms. The lowest BCUT2D eigenvalue weighted by molar-refractivity contribution is -0.153. The van der Waals surface area contributed by atoms with E-state index < -0.39 is 12.1 Å². The fourth-order valence-electron chi connectivity index (χ4n) is 1.29. The van der Waals surface area contributed by atoms with Gasteiger partial charge >= 0.3 is 5.97 Å². The molecule has 0 aromatic heterocycles. The molecule has 0 unspecified atom stereocenters. The number of ether oxygens (including phenoxy) is 1. The molecule has 1 atom stereocenters. The van der Waals surface area contributed by atoms with Gasteiger partial charge in [-0.15, -0.1) is 0 Å². The van der Waals surface area contributed by atoms with Crippen LogP contribution in [0.4, 0.5) is 0 Å². The van der Waals surface area contributed by atoms with Gasteiger partial charge in [0.15, 0.2) is 6.10 Å². The van der Waals surface area contributed by atoms with Gasteiger partial charge in [-0.05, 0) is 18.4 Å². The van der Waals surface area contributed by atoms with Crippen LogP contribution in [-0.4, -0.2) is 30.3 Å². The molecule has 0 aliphatic carbocycles. The summed E-state index contributed by atoms with van der Waals surface area (Å²) in [7, 11) is 0. The van der Waals surface area contributed by atoms with E-state index in [4.69, 9.17) is 15.6 Å². The summed E-state index contributed by atoms with van der Waals surface area (Å²) in [5, 5.41) is 9.04. The summed E-state index contributed by atoms with van der Waals surface area (Å²) in [6.45, 7) is 0.211. The SMILES string of the molecule is NC[C@H](O)C(=O)OCCCc1ccccc1. The van der Waals surface area contributed by atoms with E-state index in [0.29, 0.717) is 6.61 Å². The lowest BCUT2D eigenvalue weighted by atomic mass is 10.1. The molecular formula is C12H17NO3. The van der Waals surface area contributed by atoms with Crippen molar-refractivity contribution in [2.45, 2.75) is 18.9 Å². The Labute approximate surface area is 95.0 Å². The molecule has 0 amide bonds. The number of hydrogen-bond donors (Lipinski definition) is 2. The van der Waals surface area contributed by atoms with Gasteiger partial charge in [-0.2, -0.15) is 0 Å². The van der Waals surface area contributed by atoms with Crippen LogP contribution in [0.5, 0.6) is 0 Å². The van der Waals surface area contributed by atoms with Gasteiger partial charge in [0.2, 0.25) is 0 Å². The Hall–Kier alpha value is -1.39. The van der Waals surface area contributed by atoms with Gasteiger partial charge < -0.3 is 15.6 Å². The Kier molecular flexibility index (Phi) is 5.53. The van der Waals surface area contributed by atoms with Gasteiger partial charge in [-0.1, -0.05) is 30.3 Å². The van der Waals surface area contributed by atoms with E-state index in [1.165, 1.54) is 5.56 Å². The van der Waals surface area contributed by atoms with Crippen LogP contribution in [0.3, 0.4) is 0 Å². The lowest BCUT2D eigenvalue weighted by Gasteiger charge is -2.08. The zero-order chi connectivity index (χ0) is 11.8. The first-order valence-electron chi connectivity index (χ1n) is 5.32. The Balaban J connectivity index is 2.15. The smallest absolute Gasteiger partial charge is 0.336 e. The number of esters is 1. The number of nitrogens with two attached hydrogens (primary N) is 1. The molecule has 0 heterocycles. The zero-order valence-electron chi connectivity index (χ0n) is 9.13. The maximum atomic E-state index is 11.0. The largest absolute Gasteiger partial charge is 0.464 e. The van der Waals surface area contributed by atoms with Crippen LogP contribution < -0.4 is 5.73 Å². The van der Waals surface area contributed by atoms with E-state index in [2.05, 4.69) is 0 Å². The first kappa shape index (κ1) is 12.7. The summed E-state index contributed by atoms with van der Waals surface area (Å²) < 4.78 is 4.85. The molecular weight excluding hydrogens is 206 g/mol. The van der Waals surface area contributed by atoms with Crippen molar-refractivity contribution in [2.75, 3.05) is 13.2 Å². The van der Waals surface area contributed by atoms with Crippen LogP contribution >= 0.6 is 0 Å². The summed E-state index contributed by atoms with van der Waals surface area (Å²) in [6, 6.07) is 9.95. The second-order valence-corrected chi connectivity index (χ2v) is 3.51. The van der Waals surface area contributed by atoms with Gasteiger partial charge in [0.05, 0.1) is 6.61 Å². The van der Waals surface area contributed by atoms with Crippen molar-refractivity contribution in [1.29, 1.82) is 0 Å². The van der Waals surface area contributed by atoms with Crippen LogP contribution in [0, 0.1) is 0 Å². The number of carbonyl (C=O) groups is 1. The molecule has 0 saturated carbocycles. The molecule has 1 aromatic carbocycles. The van der Waals surface area contributed by atoms with Gasteiger partial charge in [0.25, 0.3) is 0 Å². The highest BCUT2D eigenvalue weighted by atomic mass is 16.5. The Morgan fingerprint density at radius 3 is 2.69 bits per heavy atom. The van der Waals surface area contributed by atoms with Crippen molar-refractivity contribution in [1.82, 2.24) is 0 Å². The third-order valence-electron chi connectivity index (χ3n) is 2.19. The molecule has 4 nitrogen and oxygen atoms in total. The Morgan fingerprint density at radius 1 is 1.38 bits per heavy atom. The molecule has 88 valence electrons. The Bertz CT molecular complexity index is 313. The number of aryl methyl sites for hydroxylation is 1. The van der Waals surface area contributed by atoms with E-state index in [1.807, 2.05) is 30.3 Å². The van der Waals surface area contributed by atoms with Crippen LogP contribution in [0.2, 0.25) is 0 Å². The first-order chi connectivity index (χ1) is 7.74. The predicted molar refractivity (Wildman–Crippen MR) is 60.8 cm³/mol. The van der Waals surface area contributed by atoms with Crippen molar-refractivity contribution in [2.24, 2.45) is 5.73 Å². The van der Waals surface area contributed by atoms with Gasteiger partial charge in [-0.25, -0.2) is 4.79 Å². The molecule has 0 aliphatic rings. The average Bonchev–Trinajstić information content (AvgIpc) is 2.34. The van der Waals surface area contributed by atoms with E-state index in [-0.39, 0.29) is 6.54 Å². The average molecular weight is 223 g/mol. The van der Waals surface area contributed by atoms with Crippen molar-refractivity contribution >= 4 is 5.97 Å². The summed E-state index contributed by atoms with van der Waals surface area (Å²) in [5.74, 6) is -0.643. The van der Waals surface area contributed by atoms with Crippen LogP contribution in [-0.2, 0) is 16.0 Å². The molecule has 4 heteroatoms. The molecule has 0 aliphatic heterocycles. The fourth-order valence-corrected chi connectivity index (χ4v) is 1.29. The molecule has 0 spiro atoms. The van der Waals surface area contributed by atoms with Gasteiger partial charge in [0, 0.05) is 6.54 Å². The minimum absolute atomic E-state index is 0.0997. The number of aliphatic hydroxyl groups is 1. The minimum atomic E-state index is -1.20. The number of hydrogen-bond acceptors (Lipinski definition) is 4. The van der Waals surface area contributed by atoms with E-state index in [0.717, 1.165) is 12.8 Å². The summed E-state index contributed by atoms with van der Waals surface area (Å²) in [4.78, 5) is 11.0. The molecule has 1 rings (SSSR count). The number of carbonyl (C=O) groups excluding carboxylic acids is 1. The summed E-state index contributed by atoms with van der Waals surface area (Å²) >= 11 is 0. The highest BCUT2D eigenvalue weighted by Gasteiger charge is 2.13. The number of rotatable bonds is 6. The monoisotopic (exact) mass is 223 g/mol. The van der Waals surface area contributed by atoms with Crippen LogP contribution in [0.15, 0.2) is 30.3 Å². The standard InChI is InChI=1S/C12H17NO3/c13-9-11(14)12(15)16-8-4-7-10-5-2-1-3-6-10/h1-3,5-6,11,14H,4,7-9,13H2/t11-/m0/s1. The maximum Gasteiger partial charge on any atom is 0.336 e. The lowest BCUT2D eigenvalue weighted by Crippen LogP contribution is -2.31. The number of benzene rings is 1. The Morgan fingerprint density at radius 2 is 2.06 bits per heavy atom. The molecule has 0 fully saturated rings. The quantitative estimate of drug-likeness (QED) is 0.543. The van der Waals surface area contributed by atoms with E-state index >= 15 is 0 Å². The molecule has 16 heavy (non-hydrogen) atoms. The fraction of sp³-hybridized carbons (Fsp3) is 0.417. The summed E-state index contributed by atoms with van der Waals surface area (Å²) in [6.07, 6.45) is 0.400. The van der Waals surface area contributed by atoms with Crippen LogP contribution in [0.25, 0.3) is 0 Å². The van der Waals surface area contributed by atoms with Crippen molar-refractivity contribution in [3.8, 4) is 0 Å². The molecule has 3 N–H and O–H groups in total. The topological polar surface area (TPSA) is 72.5 Å². The molecule has 0 saturated heterocycles. The zero-order valence-corrected chi connectivity index (χ0v) is 9.13. The van der Waals surface area contributed by atoms with Crippen molar-refractivity contribution < 1.29 is 14.6 Å².